The quantitative estimate of drug-likeness (QED) is 0.879. The van der Waals surface area contributed by atoms with Crippen LogP contribution in [0.15, 0.2) is 47.4 Å². The molecule has 4 heteroatoms. The van der Waals surface area contributed by atoms with Gasteiger partial charge in [-0.3, -0.25) is 4.79 Å². The Labute approximate surface area is 118 Å². The minimum atomic E-state index is 0.00994. The van der Waals surface area contributed by atoms with E-state index in [2.05, 4.69) is 12.2 Å². The molecule has 2 aromatic rings. The number of rotatable bonds is 5. The molecule has 0 bridgehead atoms. The summed E-state index contributed by atoms with van der Waals surface area (Å²) in [7, 11) is 0. The van der Waals surface area contributed by atoms with Gasteiger partial charge in [0, 0.05) is 18.8 Å². The lowest BCUT2D eigenvalue weighted by molar-refractivity contribution is 0.475. The number of hydrogen-bond acceptors (Lipinski definition) is 3. The van der Waals surface area contributed by atoms with E-state index in [1.807, 2.05) is 25.3 Å². The molecule has 0 aliphatic heterocycles. The van der Waals surface area contributed by atoms with Crippen molar-refractivity contribution in [3.63, 3.8) is 0 Å². The van der Waals surface area contributed by atoms with Gasteiger partial charge < -0.3 is 15.0 Å². The Balaban J connectivity index is 2.22. The number of aromatic hydroxyl groups is 1. The SMILES string of the molecule is CCC(Nc1ccc(=O)n(CC)c1)c1ccc(O)cc1. The van der Waals surface area contributed by atoms with Crippen molar-refractivity contribution in [1.29, 1.82) is 0 Å². The van der Waals surface area contributed by atoms with Gasteiger partial charge in [0.15, 0.2) is 0 Å². The molecule has 1 atom stereocenters. The molecule has 0 amide bonds. The minimum Gasteiger partial charge on any atom is -0.508 e. The molecule has 0 saturated carbocycles. The van der Waals surface area contributed by atoms with E-state index in [1.165, 1.54) is 0 Å². The highest BCUT2D eigenvalue weighted by Gasteiger charge is 2.09. The van der Waals surface area contributed by atoms with Crippen LogP contribution in [0.1, 0.15) is 31.9 Å². The van der Waals surface area contributed by atoms with Crippen LogP contribution in [0.3, 0.4) is 0 Å². The maximum absolute atomic E-state index is 11.6. The highest BCUT2D eigenvalue weighted by molar-refractivity contribution is 5.44. The van der Waals surface area contributed by atoms with Crippen LogP contribution in [0, 0.1) is 0 Å². The highest BCUT2D eigenvalue weighted by Crippen LogP contribution is 2.23. The van der Waals surface area contributed by atoms with E-state index < -0.39 is 0 Å². The second kappa shape index (κ2) is 6.28. The number of anilines is 1. The maximum atomic E-state index is 11.6. The Hall–Kier alpha value is -2.23. The number of nitrogens with one attached hydrogen (secondary N) is 1. The van der Waals surface area contributed by atoms with E-state index in [1.54, 1.807) is 28.8 Å². The number of aromatic nitrogens is 1. The summed E-state index contributed by atoms with van der Waals surface area (Å²) < 4.78 is 1.67. The van der Waals surface area contributed by atoms with Crippen LogP contribution in [0.25, 0.3) is 0 Å². The molecule has 2 N–H and O–H groups in total. The molecule has 4 nitrogen and oxygen atoms in total. The molecular formula is C16H20N2O2. The third kappa shape index (κ3) is 3.20. The fourth-order valence-electron chi connectivity index (χ4n) is 2.19. The summed E-state index contributed by atoms with van der Waals surface area (Å²) >= 11 is 0. The van der Waals surface area contributed by atoms with Gasteiger partial charge >= 0.3 is 0 Å². The first-order chi connectivity index (χ1) is 9.63. The molecule has 1 unspecified atom stereocenters. The summed E-state index contributed by atoms with van der Waals surface area (Å²) in [5, 5.41) is 12.8. The molecule has 0 aliphatic carbocycles. The van der Waals surface area contributed by atoms with E-state index in [0.717, 1.165) is 17.7 Å². The van der Waals surface area contributed by atoms with Crippen molar-refractivity contribution < 1.29 is 5.11 Å². The lowest BCUT2D eigenvalue weighted by atomic mass is 10.0. The number of benzene rings is 1. The van der Waals surface area contributed by atoms with Crippen LogP contribution in [0.4, 0.5) is 5.69 Å². The topological polar surface area (TPSA) is 54.3 Å². The first kappa shape index (κ1) is 14.2. The lowest BCUT2D eigenvalue weighted by Crippen LogP contribution is -2.19. The second-order valence-electron chi connectivity index (χ2n) is 4.74. The van der Waals surface area contributed by atoms with Gasteiger partial charge in [0.25, 0.3) is 5.56 Å². The van der Waals surface area contributed by atoms with Gasteiger partial charge in [-0.1, -0.05) is 19.1 Å². The van der Waals surface area contributed by atoms with E-state index >= 15 is 0 Å². The second-order valence-corrected chi connectivity index (χ2v) is 4.74. The zero-order valence-corrected chi connectivity index (χ0v) is 11.8. The molecule has 1 aromatic carbocycles. The molecule has 0 radical (unpaired) electrons. The van der Waals surface area contributed by atoms with Crippen LogP contribution in [0.5, 0.6) is 5.75 Å². The number of hydrogen-bond donors (Lipinski definition) is 2. The zero-order valence-electron chi connectivity index (χ0n) is 11.8. The fourth-order valence-corrected chi connectivity index (χ4v) is 2.19. The Morgan fingerprint density at radius 3 is 2.45 bits per heavy atom. The van der Waals surface area contributed by atoms with Crippen molar-refractivity contribution in [2.75, 3.05) is 5.32 Å². The molecule has 0 saturated heterocycles. The Bertz CT molecular complexity index is 617. The Morgan fingerprint density at radius 1 is 1.15 bits per heavy atom. The van der Waals surface area contributed by atoms with E-state index in [-0.39, 0.29) is 17.4 Å². The Kier molecular flexibility index (Phi) is 4.45. The lowest BCUT2D eigenvalue weighted by Gasteiger charge is -2.19. The first-order valence-electron chi connectivity index (χ1n) is 6.90. The van der Waals surface area contributed by atoms with Crippen molar-refractivity contribution in [3.05, 3.63) is 58.5 Å². The van der Waals surface area contributed by atoms with Gasteiger partial charge in [0.1, 0.15) is 5.75 Å². The van der Waals surface area contributed by atoms with Crippen molar-refractivity contribution in [3.8, 4) is 5.75 Å². The van der Waals surface area contributed by atoms with Crippen LogP contribution >= 0.6 is 0 Å². The van der Waals surface area contributed by atoms with Crippen molar-refractivity contribution >= 4 is 5.69 Å². The smallest absolute Gasteiger partial charge is 0.250 e. The average Bonchev–Trinajstić information content (AvgIpc) is 2.47. The summed E-state index contributed by atoms with van der Waals surface area (Å²) in [5.74, 6) is 0.267. The van der Waals surface area contributed by atoms with Gasteiger partial charge in [-0.05, 0) is 37.1 Å². The summed E-state index contributed by atoms with van der Waals surface area (Å²) in [6.45, 7) is 4.70. The van der Waals surface area contributed by atoms with E-state index in [9.17, 15) is 9.90 Å². The highest BCUT2D eigenvalue weighted by atomic mass is 16.3. The molecule has 20 heavy (non-hydrogen) atoms. The predicted molar refractivity (Wildman–Crippen MR) is 81.1 cm³/mol. The molecule has 0 spiro atoms. The number of pyridine rings is 1. The van der Waals surface area contributed by atoms with Crippen molar-refractivity contribution in [1.82, 2.24) is 4.57 Å². The van der Waals surface area contributed by atoms with Crippen molar-refractivity contribution in [2.45, 2.75) is 32.9 Å². The molecule has 106 valence electrons. The number of phenolic OH excluding ortho intramolecular Hbond substituents is 1. The molecule has 2 rings (SSSR count). The largest absolute Gasteiger partial charge is 0.508 e. The molecular weight excluding hydrogens is 252 g/mol. The van der Waals surface area contributed by atoms with Gasteiger partial charge in [-0.15, -0.1) is 0 Å². The number of phenols is 1. The third-order valence-electron chi connectivity index (χ3n) is 3.37. The van der Waals surface area contributed by atoms with Gasteiger partial charge in [0.2, 0.25) is 0 Å². The maximum Gasteiger partial charge on any atom is 0.250 e. The summed E-state index contributed by atoms with van der Waals surface area (Å²) in [6, 6.07) is 10.7. The number of nitrogens with zero attached hydrogens (tertiary/aromatic N) is 1. The molecule has 0 fully saturated rings. The number of aryl methyl sites for hydroxylation is 1. The molecule has 0 aliphatic rings. The summed E-state index contributed by atoms with van der Waals surface area (Å²) in [4.78, 5) is 11.6. The van der Waals surface area contributed by atoms with E-state index in [0.29, 0.717) is 6.54 Å². The molecule has 1 heterocycles. The minimum absolute atomic E-state index is 0.00994. The van der Waals surface area contributed by atoms with Crippen LogP contribution in [-0.4, -0.2) is 9.67 Å². The van der Waals surface area contributed by atoms with Crippen LogP contribution in [-0.2, 0) is 6.54 Å². The van der Waals surface area contributed by atoms with E-state index in [4.69, 9.17) is 0 Å². The van der Waals surface area contributed by atoms with Gasteiger partial charge in [0.05, 0.1) is 11.7 Å². The standard InChI is InChI=1S/C16H20N2O2/c1-3-15(12-5-8-14(19)9-6-12)17-13-7-10-16(20)18(4-2)11-13/h5-11,15,17,19H,3-4H2,1-2H3. The third-order valence-corrected chi connectivity index (χ3v) is 3.37. The van der Waals surface area contributed by atoms with Crippen LogP contribution in [0.2, 0.25) is 0 Å². The first-order valence-corrected chi connectivity index (χ1v) is 6.90. The van der Waals surface area contributed by atoms with Gasteiger partial charge in [-0.25, -0.2) is 0 Å². The fraction of sp³-hybridized carbons (Fsp3) is 0.312. The normalized spacial score (nSPS) is 12.1. The monoisotopic (exact) mass is 272 g/mol. The average molecular weight is 272 g/mol. The summed E-state index contributed by atoms with van der Waals surface area (Å²) in [5.41, 5.74) is 2.04. The Morgan fingerprint density at radius 2 is 1.85 bits per heavy atom. The van der Waals surface area contributed by atoms with Crippen molar-refractivity contribution in [2.24, 2.45) is 0 Å². The van der Waals surface area contributed by atoms with Crippen LogP contribution < -0.4 is 10.9 Å². The molecule has 1 aromatic heterocycles. The zero-order chi connectivity index (χ0) is 14.5. The van der Waals surface area contributed by atoms with Gasteiger partial charge in [-0.2, -0.15) is 0 Å². The summed E-state index contributed by atoms with van der Waals surface area (Å²) in [6.07, 6.45) is 2.75. The predicted octanol–water partition coefficient (Wildman–Crippen LogP) is 3.14.